The van der Waals surface area contributed by atoms with E-state index in [9.17, 15) is 8.42 Å². The zero-order chi connectivity index (χ0) is 13.3. The topological polar surface area (TPSA) is 86.2 Å². The van der Waals surface area contributed by atoms with Gasteiger partial charge < -0.3 is 11.5 Å². The summed E-state index contributed by atoms with van der Waals surface area (Å²) in [6, 6.07) is 6.33. The number of hydrogen-bond donors (Lipinski definition) is 2. The van der Waals surface area contributed by atoms with Crippen LogP contribution in [0.1, 0.15) is 6.92 Å². The molecule has 4 N–H and O–H groups in total. The molecule has 2 unspecified atom stereocenters. The summed E-state index contributed by atoms with van der Waals surface area (Å²) >= 11 is 0. The monoisotopic (exact) mass is 264 g/mol. The normalized spacial score (nSPS) is 23.7. The lowest BCUT2D eigenvalue weighted by Crippen LogP contribution is -2.31. The van der Waals surface area contributed by atoms with Gasteiger partial charge in [-0.05, 0) is 24.3 Å². The van der Waals surface area contributed by atoms with Crippen molar-refractivity contribution in [2.45, 2.75) is 17.1 Å². The van der Waals surface area contributed by atoms with E-state index in [0.29, 0.717) is 11.4 Å². The SMILES string of the molecule is CC1C(N)=CC=CC1S(=O)(=O)c1cccc(N)c1. The lowest BCUT2D eigenvalue weighted by molar-refractivity contribution is 0.564. The van der Waals surface area contributed by atoms with E-state index in [1.165, 1.54) is 6.07 Å². The van der Waals surface area contributed by atoms with Gasteiger partial charge in [0.15, 0.2) is 9.84 Å². The Morgan fingerprint density at radius 1 is 1.22 bits per heavy atom. The third kappa shape index (κ3) is 2.13. The Kier molecular flexibility index (Phi) is 3.17. The number of sulfone groups is 1. The molecular formula is C13H16N2O2S. The molecule has 1 aromatic carbocycles. The van der Waals surface area contributed by atoms with E-state index in [-0.39, 0.29) is 10.8 Å². The van der Waals surface area contributed by atoms with Crippen molar-refractivity contribution in [1.82, 2.24) is 0 Å². The minimum atomic E-state index is -3.45. The van der Waals surface area contributed by atoms with Gasteiger partial charge in [-0.1, -0.05) is 25.1 Å². The molecule has 0 aromatic heterocycles. The highest BCUT2D eigenvalue weighted by atomic mass is 32.2. The van der Waals surface area contributed by atoms with Crippen LogP contribution in [0.15, 0.2) is 53.1 Å². The molecule has 2 atom stereocenters. The average molecular weight is 264 g/mol. The Labute approximate surface area is 107 Å². The number of rotatable bonds is 2. The summed E-state index contributed by atoms with van der Waals surface area (Å²) in [6.45, 7) is 1.81. The van der Waals surface area contributed by atoms with Gasteiger partial charge in [-0.3, -0.25) is 0 Å². The lowest BCUT2D eigenvalue weighted by atomic mass is 9.99. The summed E-state index contributed by atoms with van der Waals surface area (Å²) in [4.78, 5) is 0.235. The fourth-order valence-corrected chi connectivity index (χ4v) is 3.88. The summed E-state index contributed by atoms with van der Waals surface area (Å²) in [6.07, 6.45) is 5.08. The first kappa shape index (κ1) is 12.7. The molecule has 0 aliphatic heterocycles. The van der Waals surface area contributed by atoms with Crippen molar-refractivity contribution >= 4 is 15.5 Å². The van der Waals surface area contributed by atoms with Crippen LogP contribution >= 0.6 is 0 Å². The zero-order valence-electron chi connectivity index (χ0n) is 10.1. The van der Waals surface area contributed by atoms with Crippen LogP contribution < -0.4 is 11.5 Å². The van der Waals surface area contributed by atoms with E-state index in [0.717, 1.165) is 0 Å². The highest BCUT2D eigenvalue weighted by molar-refractivity contribution is 7.92. The average Bonchev–Trinajstić information content (AvgIpc) is 2.32. The summed E-state index contributed by atoms with van der Waals surface area (Å²) in [5, 5.41) is -0.635. The molecule has 4 nitrogen and oxygen atoms in total. The number of nitrogens with two attached hydrogens (primary N) is 2. The van der Waals surface area contributed by atoms with E-state index < -0.39 is 15.1 Å². The van der Waals surface area contributed by atoms with Crippen molar-refractivity contribution in [1.29, 1.82) is 0 Å². The van der Waals surface area contributed by atoms with Crippen molar-refractivity contribution in [2.75, 3.05) is 5.73 Å². The quantitative estimate of drug-likeness (QED) is 0.792. The highest BCUT2D eigenvalue weighted by Crippen LogP contribution is 2.28. The highest BCUT2D eigenvalue weighted by Gasteiger charge is 2.32. The van der Waals surface area contributed by atoms with Gasteiger partial charge in [0.2, 0.25) is 0 Å². The van der Waals surface area contributed by atoms with Gasteiger partial charge in [0.25, 0.3) is 0 Å². The van der Waals surface area contributed by atoms with Gasteiger partial charge in [-0.15, -0.1) is 0 Å². The Morgan fingerprint density at radius 3 is 2.61 bits per heavy atom. The molecule has 0 spiro atoms. The minimum Gasteiger partial charge on any atom is -0.402 e. The summed E-state index contributed by atoms with van der Waals surface area (Å²) < 4.78 is 25.0. The second-order valence-corrected chi connectivity index (χ2v) is 6.53. The zero-order valence-corrected chi connectivity index (χ0v) is 10.9. The Bertz CT molecular complexity index is 618. The van der Waals surface area contributed by atoms with E-state index in [2.05, 4.69) is 0 Å². The molecular weight excluding hydrogens is 248 g/mol. The van der Waals surface area contributed by atoms with Crippen molar-refractivity contribution in [3.05, 3.63) is 48.2 Å². The van der Waals surface area contributed by atoms with E-state index in [4.69, 9.17) is 11.5 Å². The first-order chi connectivity index (χ1) is 8.43. The molecule has 0 heterocycles. The number of nitrogen functional groups attached to an aromatic ring is 1. The lowest BCUT2D eigenvalue weighted by Gasteiger charge is -2.24. The predicted molar refractivity (Wildman–Crippen MR) is 72.4 cm³/mol. The van der Waals surface area contributed by atoms with Gasteiger partial charge >= 0.3 is 0 Å². The van der Waals surface area contributed by atoms with Gasteiger partial charge in [-0.25, -0.2) is 8.42 Å². The predicted octanol–water partition coefficient (Wildman–Crippen LogP) is 1.46. The largest absolute Gasteiger partial charge is 0.402 e. The van der Waals surface area contributed by atoms with Crippen LogP contribution in [0.5, 0.6) is 0 Å². The van der Waals surface area contributed by atoms with Crippen molar-refractivity contribution in [2.24, 2.45) is 11.7 Å². The van der Waals surface area contributed by atoms with Crippen molar-refractivity contribution < 1.29 is 8.42 Å². The van der Waals surface area contributed by atoms with Gasteiger partial charge in [0.1, 0.15) is 0 Å². The third-order valence-electron chi connectivity index (χ3n) is 3.15. The second-order valence-electron chi connectivity index (χ2n) is 4.42. The summed E-state index contributed by atoms with van der Waals surface area (Å²) in [5.41, 5.74) is 12.4. The smallest absolute Gasteiger partial charge is 0.185 e. The van der Waals surface area contributed by atoms with Gasteiger partial charge in [-0.2, -0.15) is 0 Å². The molecule has 0 saturated carbocycles. The molecule has 0 radical (unpaired) electrons. The van der Waals surface area contributed by atoms with Crippen LogP contribution in [0.3, 0.4) is 0 Å². The molecule has 2 rings (SSSR count). The van der Waals surface area contributed by atoms with E-state index in [1.54, 1.807) is 36.4 Å². The standard InChI is InChI=1S/C13H16N2O2S/c1-9-12(15)6-3-7-13(9)18(16,17)11-5-2-4-10(14)8-11/h2-9,13H,14-15H2,1H3. The maximum atomic E-state index is 12.5. The summed E-state index contributed by atoms with van der Waals surface area (Å²) in [7, 11) is -3.45. The molecule has 1 aromatic rings. The molecule has 18 heavy (non-hydrogen) atoms. The molecule has 5 heteroatoms. The van der Waals surface area contributed by atoms with Crippen LogP contribution in [0.2, 0.25) is 0 Å². The van der Waals surface area contributed by atoms with Crippen LogP contribution in [0.4, 0.5) is 5.69 Å². The Balaban J connectivity index is 2.44. The molecule has 0 bridgehead atoms. The van der Waals surface area contributed by atoms with E-state index >= 15 is 0 Å². The maximum Gasteiger partial charge on any atom is 0.185 e. The molecule has 0 fully saturated rings. The molecule has 0 saturated heterocycles. The van der Waals surface area contributed by atoms with Gasteiger partial charge in [0, 0.05) is 17.3 Å². The Hall–Kier alpha value is -1.75. The molecule has 96 valence electrons. The van der Waals surface area contributed by atoms with Crippen LogP contribution in [0, 0.1) is 5.92 Å². The van der Waals surface area contributed by atoms with Crippen molar-refractivity contribution in [3.63, 3.8) is 0 Å². The third-order valence-corrected chi connectivity index (χ3v) is 5.35. The fraction of sp³-hybridized carbons (Fsp3) is 0.231. The minimum absolute atomic E-state index is 0.235. The van der Waals surface area contributed by atoms with E-state index in [1.807, 2.05) is 6.92 Å². The second kappa shape index (κ2) is 4.49. The first-order valence-electron chi connectivity index (χ1n) is 5.66. The Morgan fingerprint density at radius 2 is 1.94 bits per heavy atom. The van der Waals surface area contributed by atoms with Crippen LogP contribution in [0.25, 0.3) is 0 Å². The number of anilines is 1. The number of benzene rings is 1. The molecule has 1 aliphatic carbocycles. The summed E-state index contributed by atoms with van der Waals surface area (Å²) in [5.74, 6) is -0.235. The van der Waals surface area contributed by atoms with Crippen LogP contribution in [-0.4, -0.2) is 13.7 Å². The fourth-order valence-electron chi connectivity index (χ4n) is 2.01. The van der Waals surface area contributed by atoms with Gasteiger partial charge in [0.05, 0.1) is 10.1 Å². The van der Waals surface area contributed by atoms with Crippen LogP contribution in [-0.2, 0) is 9.84 Å². The molecule has 1 aliphatic rings. The van der Waals surface area contributed by atoms with Crippen molar-refractivity contribution in [3.8, 4) is 0 Å². The first-order valence-corrected chi connectivity index (χ1v) is 7.21. The number of hydrogen-bond acceptors (Lipinski definition) is 4. The number of allylic oxidation sites excluding steroid dienone is 3. The maximum absolute atomic E-state index is 12.5. The molecule has 0 amide bonds.